The van der Waals surface area contributed by atoms with Gasteiger partial charge in [0.15, 0.2) is 0 Å². The number of nitrogens with two attached hydrogens (primary N) is 1. The molecule has 4 heteroatoms. The molecule has 1 aromatic heterocycles. The molecule has 1 unspecified atom stereocenters. The maximum Gasteiger partial charge on any atom is 0.0570 e. The molecule has 0 aliphatic rings. The quantitative estimate of drug-likeness (QED) is 0.748. The summed E-state index contributed by atoms with van der Waals surface area (Å²) >= 11 is 0. The summed E-state index contributed by atoms with van der Waals surface area (Å²) in [6.07, 6.45) is 3.85. The van der Waals surface area contributed by atoms with Gasteiger partial charge in [0.25, 0.3) is 0 Å². The second kappa shape index (κ2) is 4.81. The molecule has 78 valence electrons. The predicted octanol–water partition coefficient (Wildman–Crippen LogP) is 0.871. The van der Waals surface area contributed by atoms with Gasteiger partial charge in [-0.25, -0.2) is 0 Å². The summed E-state index contributed by atoms with van der Waals surface area (Å²) in [5.41, 5.74) is 7.25. The lowest BCUT2D eigenvalue weighted by molar-refractivity contribution is 0.187. The monoisotopic (exact) mass is 195 g/mol. The van der Waals surface area contributed by atoms with Gasteiger partial charge in [-0.3, -0.25) is 4.98 Å². The zero-order valence-electron chi connectivity index (χ0n) is 8.64. The van der Waals surface area contributed by atoms with E-state index in [2.05, 4.69) is 4.98 Å². The summed E-state index contributed by atoms with van der Waals surface area (Å²) < 4.78 is 0. The van der Waals surface area contributed by atoms with Gasteiger partial charge in [-0.05, 0) is 19.4 Å². The lowest BCUT2D eigenvalue weighted by Gasteiger charge is -2.19. The lowest BCUT2D eigenvalue weighted by Crippen LogP contribution is -2.21. The molecule has 3 N–H and O–H groups in total. The smallest absolute Gasteiger partial charge is 0.0570 e. The molecule has 1 aromatic rings. The van der Waals surface area contributed by atoms with Crippen LogP contribution in [0.4, 0.5) is 11.4 Å². The van der Waals surface area contributed by atoms with Gasteiger partial charge in [0, 0.05) is 19.8 Å². The van der Waals surface area contributed by atoms with Gasteiger partial charge in [0.2, 0.25) is 0 Å². The number of hydrogen-bond acceptors (Lipinski definition) is 4. The summed E-state index contributed by atoms with van der Waals surface area (Å²) in [7, 11) is 1.96. The van der Waals surface area contributed by atoms with Crippen molar-refractivity contribution >= 4 is 11.4 Å². The average Bonchev–Trinajstić information content (AvgIpc) is 2.14. The van der Waals surface area contributed by atoms with Crippen LogP contribution in [0.5, 0.6) is 0 Å². The summed E-state index contributed by atoms with van der Waals surface area (Å²) in [4.78, 5) is 6.03. The van der Waals surface area contributed by atoms with Crippen LogP contribution < -0.4 is 10.6 Å². The molecular formula is C10H17N3O. The first-order valence-electron chi connectivity index (χ1n) is 4.69. The van der Waals surface area contributed by atoms with E-state index in [1.165, 1.54) is 0 Å². The number of pyridine rings is 1. The van der Waals surface area contributed by atoms with Gasteiger partial charge in [-0.2, -0.15) is 0 Å². The molecule has 1 atom stereocenters. The zero-order valence-corrected chi connectivity index (χ0v) is 8.64. The Bertz CT molecular complexity index is 288. The third kappa shape index (κ3) is 3.22. The molecule has 0 fully saturated rings. The maximum absolute atomic E-state index is 9.14. The van der Waals surface area contributed by atoms with Crippen molar-refractivity contribution in [1.29, 1.82) is 0 Å². The molecule has 4 nitrogen and oxygen atoms in total. The van der Waals surface area contributed by atoms with Crippen molar-refractivity contribution in [2.45, 2.75) is 19.4 Å². The average molecular weight is 195 g/mol. The third-order valence-electron chi connectivity index (χ3n) is 2.07. The minimum absolute atomic E-state index is 0.272. The zero-order chi connectivity index (χ0) is 10.6. The normalized spacial score (nSPS) is 12.5. The molecule has 0 aromatic carbocycles. The van der Waals surface area contributed by atoms with Crippen molar-refractivity contribution < 1.29 is 5.11 Å². The van der Waals surface area contributed by atoms with Crippen LogP contribution in [0.3, 0.4) is 0 Å². The highest BCUT2D eigenvalue weighted by atomic mass is 16.3. The molecule has 0 aliphatic carbocycles. The minimum atomic E-state index is -0.272. The highest BCUT2D eigenvalue weighted by Crippen LogP contribution is 2.14. The van der Waals surface area contributed by atoms with Crippen LogP contribution >= 0.6 is 0 Å². The number of nitrogen functional groups attached to an aromatic ring is 1. The number of hydrogen-bond donors (Lipinski definition) is 2. The number of aromatic nitrogens is 1. The molecule has 0 bridgehead atoms. The van der Waals surface area contributed by atoms with Crippen LogP contribution in [0.1, 0.15) is 13.3 Å². The van der Waals surface area contributed by atoms with E-state index in [0.717, 1.165) is 18.7 Å². The summed E-state index contributed by atoms with van der Waals surface area (Å²) in [6.45, 7) is 2.58. The van der Waals surface area contributed by atoms with E-state index in [9.17, 15) is 0 Å². The molecule has 0 saturated carbocycles. The standard InChI is InChI=1S/C10H17N3O/c1-8(14)3-4-13(2)10-5-9(11)6-12-7-10/h5-8,14H,3-4,11H2,1-2H3. The van der Waals surface area contributed by atoms with E-state index in [0.29, 0.717) is 5.69 Å². The highest BCUT2D eigenvalue weighted by Gasteiger charge is 2.03. The van der Waals surface area contributed by atoms with E-state index in [4.69, 9.17) is 10.8 Å². The van der Waals surface area contributed by atoms with Crippen LogP contribution in [0.25, 0.3) is 0 Å². The number of anilines is 2. The SMILES string of the molecule is CC(O)CCN(C)c1cncc(N)c1. The largest absolute Gasteiger partial charge is 0.397 e. The van der Waals surface area contributed by atoms with E-state index in [-0.39, 0.29) is 6.10 Å². The second-order valence-corrected chi connectivity index (χ2v) is 3.54. The molecule has 1 heterocycles. The van der Waals surface area contributed by atoms with Crippen LogP contribution in [-0.2, 0) is 0 Å². The van der Waals surface area contributed by atoms with Crippen molar-refractivity contribution in [3.05, 3.63) is 18.5 Å². The topological polar surface area (TPSA) is 62.4 Å². The Balaban J connectivity index is 2.56. The van der Waals surface area contributed by atoms with E-state index in [1.807, 2.05) is 18.0 Å². The molecule has 0 saturated heterocycles. The Kier molecular flexibility index (Phi) is 3.71. The van der Waals surface area contributed by atoms with Gasteiger partial charge in [-0.1, -0.05) is 0 Å². The van der Waals surface area contributed by atoms with Gasteiger partial charge in [-0.15, -0.1) is 0 Å². The Morgan fingerprint density at radius 2 is 2.29 bits per heavy atom. The van der Waals surface area contributed by atoms with E-state index >= 15 is 0 Å². The Hall–Kier alpha value is -1.29. The van der Waals surface area contributed by atoms with Crippen molar-refractivity contribution in [3.8, 4) is 0 Å². The number of aliphatic hydroxyl groups excluding tert-OH is 1. The number of rotatable bonds is 4. The molecule has 0 spiro atoms. The Morgan fingerprint density at radius 1 is 1.57 bits per heavy atom. The summed E-state index contributed by atoms with van der Waals surface area (Å²) in [6, 6.07) is 1.87. The number of nitrogens with zero attached hydrogens (tertiary/aromatic N) is 2. The summed E-state index contributed by atoms with van der Waals surface area (Å²) in [5, 5.41) is 9.14. The van der Waals surface area contributed by atoms with Crippen LogP contribution in [0, 0.1) is 0 Å². The minimum Gasteiger partial charge on any atom is -0.397 e. The molecule has 0 amide bonds. The Labute approximate surface area is 84.4 Å². The van der Waals surface area contributed by atoms with Crippen molar-refractivity contribution in [3.63, 3.8) is 0 Å². The van der Waals surface area contributed by atoms with Crippen molar-refractivity contribution in [2.75, 3.05) is 24.2 Å². The highest BCUT2D eigenvalue weighted by molar-refractivity contribution is 5.52. The van der Waals surface area contributed by atoms with Gasteiger partial charge >= 0.3 is 0 Å². The molecule has 0 aliphatic heterocycles. The molecular weight excluding hydrogens is 178 g/mol. The fraction of sp³-hybridized carbons (Fsp3) is 0.500. The molecule has 0 radical (unpaired) electrons. The first-order chi connectivity index (χ1) is 6.59. The van der Waals surface area contributed by atoms with Crippen LogP contribution in [-0.4, -0.2) is 29.8 Å². The third-order valence-corrected chi connectivity index (χ3v) is 2.07. The van der Waals surface area contributed by atoms with Gasteiger partial charge in [0.1, 0.15) is 0 Å². The number of aliphatic hydroxyl groups is 1. The lowest BCUT2D eigenvalue weighted by atomic mass is 10.2. The first kappa shape index (κ1) is 10.8. The van der Waals surface area contributed by atoms with Gasteiger partial charge in [0.05, 0.1) is 23.7 Å². The second-order valence-electron chi connectivity index (χ2n) is 3.54. The van der Waals surface area contributed by atoms with Gasteiger partial charge < -0.3 is 15.7 Å². The first-order valence-corrected chi connectivity index (χ1v) is 4.69. The van der Waals surface area contributed by atoms with E-state index in [1.54, 1.807) is 19.3 Å². The van der Waals surface area contributed by atoms with Crippen LogP contribution in [0.2, 0.25) is 0 Å². The van der Waals surface area contributed by atoms with E-state index < -0.39 is 0 Å². The van der Waals surface area contributed by atoms with Crippen molar-refractivity contribution in [1.82, 2.24) is 4.98 Å². The summed E-state index contributed by atoms with van der Waals surface area (Å²) in [5.74, 6) is 0. The molecule has 14 heavy (non-hydrogen) atoms. The molecule has 1 rings (SSSR count). The van der Waals surface area contributed by atoms with Crippen molar-refractivity contribution in [2.24, 2.45) is 0 Å². The predicted molar refractivity (Wildman–Crippen MR) is 58.2 cm³/mol. The Morgan fingerprint density at radius 3 is 2.86 bits per heavy atom. The fourth-order valence-corrected chi connectivity index (χ4v) is 1.16. The van der Waals surface area contributed by atoms with Crippen LogP contribution in [0.15, 0.2) is 18.5 Å². The maximum atomic E-state index is 9.14. The fourth-order valence-electron chi connectivity index (χ4n) is 1.16.